The smallest absolute Gasteiger partial charge is 0.408 e. The summed E-state index contributed by atoms with van der Waals surface area (Å²) in [5.74, 6) is -0.449. The van der Waals surface area contributed by atoms with E-state index in [-0.39, 0.29) is 6.04 Å². The summed E-state index contributed by atoms with van der Waals surface area (Å²) in [7, 11) is 1.85. The number of nitriles is 1. The molecule has 1 unspecified atom stereocenters. The van der Waals surface area contributed by atoms with E-state index in [1.54, 1.807) is 6.07 Å². The lowest BCUT2D eigenvalue weighted by molar-refractivity contribution is 0.552. The summed E-state index contributed by atoms with van der Waals surface area (Å²) in [6.45, 7) is 0. The standard InChI is InChI=1S/C12H13N3O2/c1-14-9(3-2-6-13)8-4-5-11-10(7-8)15-12(16)17-11/h4-5,7,9,14H,2-3H2,1H3,(H,15,16). The Labute approximate surface area is 98.1 Å². The van der Waals surface area contributed by atoms with Gasteiger partial charge in [0.1, 0.15) is 0 Å². The van der Waals surface area contributed by atoms with Crippen LogP contribution in [0.1, 0.15) is 24.4 Å². The van der Waals surface area contributed by atoms with Crippen molar-refractivity contribution in [3.8, 4) is 6.07 Å². The molecular formula is C12H13N3O2. The van der Waals surface area contributed by atoms with Crippen molar-refractivity contribution >= 4 is 11.1 Å². The number of hydrogen-bond donors (Lipinski definition) is 2. The lowest BCUT2D eigenvalue weighted by atomic mass is 10.0. The van der Waals surface area contributed by atoms with Gasteiger partial charge in [-0.25, -0.2) is 4.79 Å². The number of benzene rings is 1. The fraction of sp³-hybridized carbons (Fsp3) is 0.333. The monoisotopic (exact) mass is 231 g/mol. The van der Waals surface area contributed by atoms with Crippen molar-refractivity contribution < 1.29 is 4.42 Å². The van der Waals surface area contributed by atoms with E-state index in [9.17, 15) is 4.79 Å². The molecule has 0 amide bonds. The van der Waals surface area contributed by atoms with Gasteiger partial charge in [-0.2, -0.15) is 5.26 Å². The molecule has 1 heterocycles. The minimum Gasteiger partial charge on any atom is -0.408 e. The molecule has 1 aromatic heterocycles. The maximum Gasteiger partial charge on any atom is 0.417 e. The second kappa shape index (κ2) is 4.85. The first-order valence-electron chi connectivity index (χ1n) is 5.41. The van der Waals surface area contributed by atoms with Gasteiger partial charge in [-0.3, -0.25) is 4.98 Å². The van der Waals surface area contributed by atoms with Crippen LogP contribution in [-0.4, -0.2) is 12.0 Å². The molecule has 1 atom stereocenters. The fourth-order valence-electron chi connectivity index (χ4n) is 1.87. The van der Waals surface area contributed by atoms with Gasteiger partial charge in [0.05, 0.1) is 11.6 Å². The highest BCUT2D eigenvalue weighted by Crippen LogP contribution is 2.21. The van der Waals surface area contributed by atoms with Crippen LogP contribution in [0.3, 0.4) is 0 Å². The third-order valence-electron chi connectivity index (χ3n) is 2.74. The normalized spacial score (nSPS) is 12.5. The van der Waals surface area contributed by atoms with Gasteiger partial charge in [-0.1, -0.05) is 6.07 Å². The molecule has 0 aliphatic rings. The molecule has 0 spiro atoms. The van der Waals surface area contributed by atoms with Crippen LogP contribution in [0, 0.1) is 11.3 Å². The van der Waals surface area contributed by atoms with Gasteiger partial charge in [0.15, 0.2) is 5.58 Å². The molecule has 0 saturated heterocycles. The highest BCUT2D eigenvalue weighted by atomic mass is 16.4. The zero-order valence-corrected chi connectivity index (χ0v) is 9.49. The topological polar surface area (TPSA) is 81.8 Å². The lowest BCUT2D eigenvalue weighted by Gasteiger charge is -2.14. The SMILES string of the molecule is CNC(CCC#N)c1ccc2oc(=O)[nH]c2c1. The first-order valence-corrected chi connectivity index (χ1v) is 5.41. The predicted molar refractivity (Wildman–Crippen MR) is 63.5 cm³/mol. The Morgan fingerprint density at radius 2 is 2.41 bits per heavy atom. The van der Waals surface area contributed by atoms with E-state index in [4.69, 9.17) is 9.68 Å². The van der Waals surface area contributed by atoms with Gasteiger partial charge in [-0.05, 0) is 31.2 Å². The summed E-state index contributed by atoms with van der Waals surface area (Å²) in [6.07, 6.45) is 1.23. The molecule has 0 aliphatic heterocycles. The molecule has 88 valence electrons. The van der Waals surface area contributed by atoms with Gasteiger partial charge in [0.25, 0.3) is 0 Å². The molecule has 2 aromatic rings. The minimum atomic E-state index is -0.449. The third-order valence-corrected chi connectivity index (χ3v) is 2.74. The van der Waals surface area contributed by atoms with Crippen LogP contribution in [0.4, 0.5) is 0 Å². The van der Waals surface area contributed by atoms with E-state index < -0.39 is 5.76 Å². The van der Waals surface area contributed by atoms with Crippen LogP contribution in [0.2, 0.25) is 0 Å². The van der Waals surface area contributed by atoms with Gasteiger partial charge in [-0.15, -0.1) is 0 Å². The minimum absolute atomic E-state index is 0.109. The average molecular weight is 231 g/mol. The highest BCUT2D eigenvalue weighted by molar-refractivity contribution is 5.72. The summed E-state index contributed by atoms with van der Waals surface area (Å²) in [5, 5.41) is 11.7. The lowest BCUT2D eigenvalue weighted by Crippen LogP contribution is -2.15. The van der Waals surface area contributed by atoms with Crippen LogP contribution in [0.25, 0.3) is 11.1 Å². The van der Waals surface area contributed by atoms with Crippen molar-refractivity contribution in [2.45, 2.75) is 18.9 Å². The number of oxazole rings is 1. The van der Waals surface area contributed by atoms with E-state index in [0.717, 1.165) is 12.0 Å². The quantitative estimate of drug-likeness (QED) is 0.838. The number of aromatic nitrogens is 1. The first-order chi connectivity index (χ1) is 8.24. The molecule has 0 saturated carbocycles. The van der Waals surface area contributed by atoms with Crippen LogP contribution in [0.5, 0.6) is 0 Å². The Morgan fingerprint density at radius 1 is 1.59 bits per heavy atom. The van der Waals surface area contributed by atoms with E-state index >= 15 is 0 Å². The number of aromatic amines is 1. The number of H-pyrrole nitrogens is 1. The van der Waals surface area contributed by atoms with Crippen molar-refractivity contribution in [3.63, 3.8) is 0 Å². The fourth-order valence-corrected chi connectivity index (χ4v) is 1.87. The van der Waals surface area contributed by atoms with E-state index in [1.807, 2.05) is 19.2 Å². The van der Waals surface area contributed by atoms with Crippen molar-refractivity contribution in [1.29, 1.82) is 5.26 Å². The van der Waals surface area contributed by atoms with E-state index in [0.29, 0.717) is 17.5 Å². The van der Waals surface area contributed by atoms with Gasteiger partial charge >= 0.3 is 5.76 Å². The van der Waals surface area contributed by atoms with Gasteiger partial charge in [0, 0.05) is 12.5 Å². The Kier molecular flexibility index (Phi) is 3.26. The number of hydrogen-bond acceptors (Lipinski definition) is 4. The summed E-state index contributed by atoms with van der Waals surface area (Å²) < 4.78 is 4.93. The zero-order chi connectivity index (χ0) is 12.3. The molecule has 5 heteroatoms. The highest BCUT2D eigenvalue weighted by Gasteiger charge is 2.10. The number of fused-ring (bicyclic) bond motifs is 1. The molecule has 2 N–H and O–H groups in total. The van der Waals surface area contributed by atoms with Crippen LogP contribution in [0.15, 0.2) is 27.4 Å². The Bertz CT molecular complexity index is 606. The summed E-state index contributed by atoms with van der Waals surface area (Å²) in [4.78, 5) is 13.6. The van der Waals surface area contributed by atoms with Crippen LogP contribution in [-0.2, 0) is 0 Å². The first kappa shape index (κ1) is 11.4. The number of nitrogens with one attached hydrogen (secondary N) is 2. The largest absolute Gasteiger partial charge is 0.417 e. The molecule has 2 rings (SSSR count). The Balaban J connectivity index is 2.33. The summed E-state index contributed by atoms with van der Waals surface area (Å²) in [6, 6.07) is 7.77. The second-order valence-electron chi connectivity index (χ2n) is 3.81. The maximum absolute atomic E-state index is 11.0. The van der Waals surface area contributed by atoms with Crippen molar-refractivity contribution in [3.05, 3.63) is 34.3 Å². The van der Waals surface area contributed by atoms with E-state index in [1.165, 1.54) is 0 Å². The van der Waals surface area contributed by atoms with Crippen LogP contribution < -0.4 is 11.1 Å². The third kappa shape index (κ3) is 2.37. The van der Waals surface area contributed by atoms with Gasteiger partial charge < -0.3 is 9.73 Å². The number of nitrogens with zero attached hydrogens (tertiary/aromatic N) is 1. The Morgan fingerprint density at radius 3 is 3.12 bits per heavy atom. The number of rotatable bonds is 4. The van der Waals surface area contributed by atoms with Crippen molar-refractivity contribution in [2.24, 2.45) is 0 Å². The second-order valence-corrected chi connectivity index (χ2v) is 3.81. The summed E-state index contributed by atoms with van der Waals surface area (Å²) in [5.41, 5.74) is 2.27. The molecule has 5 nitrogen and oxygen atoms in total. The molecule has 0 radical (unpaired) electrons. The van der Waals surface area contributed by atoms with E-state index in [2.05, 4.69) is 16.4 Å². The molecule has 0 aliphatic carbocycles. The molecule has 0 fully saturated rings. The summed E-state index contributed by atoms with van der Waals surface area (Å²) >= 11 is 0. The molecule has 17 heavy (non-hydrogen) atoms. The Hall–Kier alpha value is -2.06. The van der Waals surface area contributed by atoms with Crippen LogP contribution >= 0.6 is 0 Å². The molecule has 1 aromatic carbocycles. The molecule has 0 bridgehead atoms. The average Bonchev–Trinajstić information content (AvgIpc) is 2.69. The maximum atomic E-state index is 11.0. The van der Waals surface area contributed by atoms with Crippen molar-refractivity contribution in [1.82, 2.24) is 10.3 Å². The predicted octanol–water partition coefficient (Wildman–Crippen LogP) is 1.69. The zero-order valence-electron chi connectivity index (χ0n) is 9.49. The molecular weight excluding hydrogens is 218 g/mol. The van der Waals surface area contributed by atoms with Gasteiger partial charge in [0.2, 0.25) is 0 Å². The van der Waals surface area contributed by atoms with Crippen molar-refractivity contribution in [2.75, 3.05) is 7.05 Å².